The largest absolute Gasteiger partial charge is 0.508 e. The molecule has 1 aromatic carbocycles. The van der Waals surface area contributed by atoms with Crippen molar-refractivity contribution < 1.29 is 39.9 Å². The number of aromatic hydroxyl groups is 1. The van der Waals surface area contributed by atoms with E-state index in [4.69, 9.17) is 5.73 Å². The van der Waals surface area contributed by atoms with Gasteiger partial charge in [-0.05, 0) is 49.5 Å². The van der Waals surface area contributed by atoms with Gasteiger partial charge < -0.3 is 31.3 Å². The summed E-state index contributed by atoms with van der Waals surface area (Å²) in [7, 11) is 3.00. The Morgan fingerprint density at radius 2 is 1.74 bits per heavy atom. The molecule has 0 bridgehead atoms. The van der Waals surface area contributed by atoms with E-state index in [9.17, 15) is 39.9 Å². The molecular weight excluding hydrogens is 492 g/mol. The minimum Gasteiger partial charge on any atom is -0.508 e. The Hall–Kier alpha value is -3.05. The molecule has 1 aromatic rings. The smallest absolute Gasteiger partial charge is 0.202 e. The lowest BCUT2D eigenvalue weighted by Crippen LogP contribution is -2.70. The molecule has 0 amide bonds. The number of phenolic OH excluding ortho intramolecular Hbond substituents is 1. The molecule has 10 nitrogen and oxygen atoms in total. The van der Waals surface area contributed by atoms with Crippen LogP contribution in [0.2, 0.25) is 0 Å². The molecule has 10 heteroatoms. The summed E-state index contributed by atoms with van der Waals surface area (Å²) in [5, 5.41) is 57.5. The van der Waals surface area contributed by atoms with Gasteiger partial charge in [0.05, 0.1) is 23.6 Å². The first kappa shape index (κ1) is 28.0. The number of carbonyl (C=O) groups excluding carboxylic acids is 3. The van der Waals surface area contributed by atoms with E-state index in [1.165, 1.54) is 19.0 Å². The van der Waals surface area contributed by atoms with Crippen LogP contribution in [-0.2, 0) is 26.3 Å². The number of ketones is 3. The topological polar surface area (TPSA) is 182 Å². The molecule has 1 fully saturated rings. The van der Waals surface area contributed by atoms with Crippen molar-refractivity contribution >= 4 is 23.1 Å². The number of carbonyl (C=O) groups is 3. The third kappa shape index (κ3) is 3.44. The van der Waals surface area contributed by atoms with E-state index in [1.807, 2.05) is 20.8 Å². The summed E-state index contributed by atoms with van der Waals surface area (Å²) >= 11 is 0. The monoisotopic (exact) mass is 528 g/mol. The van der Waals surface area contributed by atoms with Gasteiger partial charge in [0.15, 0.2) is 17.2 Å². The first-order valence-corrected chi connectivity index (χ1v) is 12.6. The van der Waals surface area contributed by atoms with Crippen molar-refractivity contribution in [1.29, 1.82) is 0 Å². The first-order chi connectivity index (χ1) is 17.4. The number of phenols is 1. The Balaban J connectivity index is 2.11. The molecule has 4 rings (SSSR count). The average molecular weight is 529 g/mol. The summed E-state index contributed by atoms with van der Waals surface area (Å²) in [5.41, 5.74) is 3.04. The van der Waals surface area contributed by atoms with Crippen molar-refractivity contribution in [3.05, 3.63) is 45.2 Å². The zero-order valence-electron chi connectivity index (χ0n) is 22.7. The molecule has 206 valence electrons. The summed E-state index contributed by atoms with van der Waals surface area (Å²) in [6.07, 6.45) is -1.61. The van der Waals surface area contributed by atoms with Gasteiger partial charge in [-0.25, -0.2) is 0 Å². The molecule has 0 heterocycles. The predicted molar refractivity (Wildman–Crippen MR) is 138 cm³/mol. The highest BCUT2D eigenvalue weighted by Crippen LogP contribution is 2.57. The maximum Gasteiger partial charge on any atom is 0.202 e. The number of likely N-dealkylation sites (N-methyl/N-ethyl adjacent to an activating group) is 1. The van der Waals surface area contributed by atoms with Crippen molar-refractivity contribution in [2.45, 2.75) is 70.2 Å². The summed E-state index contributed by atoms with van der Waals surface area (Å²) < 4.78 is 0. The first-order valence-electron chi connectivity index (χ1n) is 12.6. The van der Waals surface area contributed by atoms with Gasteiger partial charge in [0, 0.05) is 23.6 Å². The molecule has 7 N–H and O–H groups in total. The van der Waals surface area contributed by atoms with Crippen molar-refractivity contribution in [3.63, 3.8) is 0 Å². The molecule has 0 saturated heterocycles. The van der Waals surface area contributed by atoms with Gasteiger partial charge in [-0.15, -0.1) is 0 Å². The second kappa shape index (κ2) is 8.74. The normalized spacial score (nSPS) is 31.4. The highest BCUT2D eigenvalue weighted by molar-refractivity contribution is 6.25. The van der Waals surface area contributed by atoms with Crippen molar-refractivity contribution in [1.82, 2.24) is 4.90 Å². The number of hydrogen-bond donors (Lipinski definition) is 6. The second-order valence-corrected chi connectivity index (χ2v) is 11.9. The molecule has 38 heavy (non-hydrogen) atoms. The second-order valence-electron chi connectivity index (χ2n) is 11.9. The standard InChI is InChI=1S/C28H36N2O8/c1-10-14-12(9-29)8-13(27(3,4)5)21(32)17(14)22(33)18-15(10)23(34)19-20(30(6)7)24(35)16(11(2)31)25(36)28(19,38)26(18)37/h8,10,15,19-20,23,32-34,36,38H,9,29H2,1-7H3/t10-,15+,19+,20-,23-,28+/m0/s1. The predicted octanol–water partition coefficient (Wildman–Crippen LogP) is 1.36. The van der Waals surface area contributed by atoms with Gasteiger partial charge in [-0.3, -0.25) is 19.3 Å². The third-order valence-electron chi connectivity index (χ3n) is 8.44. The molecular formula is C28H36N2O8. The highest BCUT2D eigenvalue weighted by atomic mass is 16.4. The van der Waals surface area contributed by atoms with Crippen LogP contribution in [0, 0.1) is 11.8 Å². The van der Waals surface area contributed by atoms with Crippen LogP contribution in [0.25, 0.3) is 5.76 Å². The molecule has 0 unspecified atom stereocenters. The third-order valence-corrected chi connectivity index (χ3v) is 8.44. The van der Waals surface area contributed by atoms with Crippen molar-refractivity contribution in [2.24, 2.45) is 17.6 Å². The van der Waals surface area contributed by atoms with Crippen LogP contribution in [-0.4, -0.2) is 79.6 Å². The minimum absolute atomic E-state index is 0.0227. The minimum atomic E-state index is -2.87. The summed E-state index contributed by atoms with van der Waals surface area (Å²) in [6, 6.07) is 0.424. The van der Waals surface area contributed by atoms with Crippen LogP contribution in [0.3, 0.4) is 0 Å². The molecule has 0 aliphatic heterocycles. The number of fused-ring (bicyclic) bond motifs is 3. The fraction of sp³-hybridized carbons (Fsp3) is 0.536. The van der Waals surface area contributed by atoms with Gasteiger partial charge >= 0.3 is 0 Å². The van der Waals surface area contributed by atoms with E-state index >= 15 is 0 Å². The number of hydrogen-bond acceptors (Lipinski definition) is 10. The van der Waals surface area contributed by atoms with Crippen LogP contribution in [0.4, 0.5) is 0 Å². The Morgan fingerprint density at radius 3 is 2.21 bits per heavy atom. The Bertz CT molecular complexity index is 1340. The number of aliphatic hydroxyl groups is 4. The van der Waals surface area contributed by atoms with E-state index in [2.05, 4.69) is 0 Å². The molecule has 1 saturated carbocycles. The van der Waals surface area contributed by atoms with E-state index in [1.54, 1.807) is 13.0 Å². The van der Waals surface area contributed by atoms with Crippen LogP contribution in [0.5, 0.6) is 5.75 Å². The van der Waals surface area contributed by atoms with Gasteiger partial charge in [-0.1, -0.05) is 27.7 Å². The van der Waals surface area contributed by atoms with E-state index in [-0.39, 0.29) is 23.4 Å². The molecule has 3 aliphatic carbocycles. The Kier molecular flexibility index (Phi) is 6.43. The Morgan fingerprint density at radius 1 is 1.16 bits per heavy atom. The van der Waals surface area contributed by atoms with Crippen LogP contribution in [0.1, 0.15) is 62.8 Å². The molecule has 0 aromatic heterocycles. The Labute approximate surface area is 221 Å². The highest BCUT2D eigenvalue weighted by Gasteiger charge is 2.68. The number of Topliss-reactive ketones (excluding diaryl/α,β-unsaturated/α-hetero) is 3. The maximum absolute atomic E-state index is 14.1. The van der Waals surface area contributed by atoms with Crippen LogP contribution >= 0.6 is 0 Å². The van der Waals surface area contributed by atoms with Gasteiger partial charge in [0.1, 0.15) is 22.8 Å². The summed E-state index contributed by atoms with van der Waals surface area (Å²) in [5.74, 6) is -8.20. The number of nitrogens with zero attached hydrogens (tertiary/aromatic N) is 1. The summed E-state index contributed by atoms with van der Waals surface area (Å²) in [4.78, 5) is 41.2. The lowest BCUT2D eigenvalue weighted by molar-refractivity contribution is -0.169. The maximum atomic E-state index is 14.1. The fourth-order valence-electron chi connectivity index (χ4n) is 6.71. The van der Waals surface area contributed by atoms with E-state index in [0.29, 0.717) is 16.7 Å². The fourth-order valence-corrected chi connectivity index (χ4v) is 6.71. The SMILES string of the molecule is CC(=O)C1=C(O)[C@@]2(O)C(=O)C3=C(O)c4c(O)c(C(C)(C)C)cc(CN)c4[C@H](C)[C@H]3[C@H](O)[C@H]2[C@H](N(C)C)C1=O. The zero-order valence-corrected chi connectivity index (χ0v) is 22.7. The van der Waals surface area contributed by atoms with Crippen LogP contribution < -0.4 is 5.73 Å². The quantitative estimate of drug-likeness (QED) is 0.313. The molecule has 0 radical (unpaired) electrons. The average Bonchev–Trinajstić information content (AvgIpc) is 2.80. The number of nitrogens with two attached hydrogens (primary N) is 1. The van der Waals surface area contributed by atoms with Crippen molar-refractivity contribution in [2.75, 3.05) is 14.1 Å². The van der Waals surface area contributed by atoms with Gasteiger partial charge in [0.25, 0.3) is 0 Å². The molecule has 3 aliphatic rings. The number of benzene rings is 1. The van der Waals surface area contributed by atoms with Crippen LogP contribution in [0.15, 0.2) is 23.0 Å². The van der Waals surface area contributed by atoms with Crippen molar-refractivity contribution in [3.8, 4) is 5.75 Å². The lowest BCUT2D eigenvalue weighted by atomic mass is 9.53. The van der Waals surface area contributed by atoms with E-state index < -0.39 is 75.4 Å². The number of aliphatic hydroxyl groups excluding tert-OH is 3. The van der Waals surface area contributed by atoms with Gasteiger partial charge in [-0.2, -0.15) is 0 Å². The van der Waals surface area contributed by atoms with E-state index in [0.717, 1.165) is 6.92 Å². The number of rotatable bonds is 3. The lowest BCUT2D eigenvalue weighted by Gasteiger charge is -2.54. The molecule has 6 atom stereocenters. The summed E-state index contributed by atoms with van der Waals surface area (Å²) in [6.45, 7) is 8.38. The molecule has 0 spiro atoms. The van der Waals surface area contributed by atoms with Gasteiger partial charge in [0.2, 0.25) is 5.78 Å². The zero-order chi connectivity index (χ0) is 28.8.